The minimum atomic E-state index is 0.677. The van der Waals surface area contributed by atoms with Crippen molar-refractivity contribution in [3.05, 3.63) is 0 Å². The standard InChI is InChI=1S/C9H15NO/c1-2-5-10-7-9-4-3-6-11-8-9/h1,9-10H,3-8H2. The molecule has 0 amide bonds. The molecule has 1 rings (SSSR count). The van der Waals surface area contributed by atoms with Gasteiger partial charge in [0.05, 0.1) is 13.2 Å². The van der Waals surface area contributed by atoms with Gasteiger partial charge in [-0.05, 0) is 18.8 Å². The second-order valence-electron chi connectivity index (χ2n) is 2.92. The predicted octanol–water partition coefficient (Wildman–Crippen LogP) is 0.636. The summed E-state index contributed by atoms with van der Waals surface area (Å²) in [6, 6.07) is 0. The van der Waals surface area contributed by atoms with Crippen LogP contribution in [0.5, 0.6) is 0 Å². The molecule has 62 valence electrons. The average Bonchev–Trinajstić information content (AvgIpc) is 2.07. The van der Waals surface area contributed by atoms with Crippen LogP contribution in [-0.4, -0.2) is 26.3 Å². The Bertz CT molecular complexity index is 133. The maximum Gasteiger partial charge on any atom is 0.0573 e. The highest BCUT2D eigenvalue weighted by molar-refractivity contribution is 4.86. The van der Waals surface area contributed by atoms with Crippen molar-refractivity contribution in [2.24, 2.45) is 5.92 Å². The van der Waals surface area contributed by atoms with Crippen LogP contribution in [0.1, 0.15) is 12.8 Å². The smallest absolute Gasteiger partial charge is 0.0573 e. The molecule has 1 atom stereocenters. The van der Waals surface area contributed by atoms with Gasteiger partial charge >= 0.3 is 0 Å². The first kappa shape index (κ1) is 8.58. The van der Waals surface area contributed by atoms with Crippen molar-refractivity contribution in [1.29, 1.82) is 0 Å². The maximum atomic E-state index is 5.32. The monoisotopic (exact) mass is 153 g/mol. The molecule has 1 saturated heterocycles. The molecule has 0 aliphatic carbocycles. The molecule has 0 aromatic heterocycles. The number of hydrogen-bond acceptors (Lipinski definition) is 2. The Balaban J connectivity index is 2.01. The molecule has 0 radical (unpaired) electrons. The van der Waals surface area contributed by atoms with Crippen molar-refractivity contribution in [2.75, 3.05) is 26.3 Å². The molecule has 1 unspecified atom stereocenters. The lowest BCUT2D eigenvalue weighted by molar-refractivity contribution is 0.0553. The van der Waals surface area contributed by atoms with Gasteiger partial charge < -0.3 is 10.1 Å². The molecule has 11 heavy (non-hydrogen) atoms. The van der Waals surface area contributed by atoms with Crippen LogP contribution < -0.4 is 5.32 Å². The summed E-state index contributed by atoms with van der Waals surface area (Å²) in [7, 11) is 0. The number of rotatable bonds is 3. The van der Waals surface area contributed by atoms with Gasteiger partial charge in [0.2, 0.25) is 0 Å². The van der Waals surface area contributed by atoms with E-state index in [0.717, 1.165) is 19.8 Å². The lowest BCUT2D eigenvalue weighted by atomic mass is 10.0. The molecule has 1 N–H and O–H groups in total. The topological polar surface area (TPSA) is 21.3 Å². The first-order valence-corrected chi connectivity index (χ1v) is 4.15. The van der Waals surface area contributed by atoms with Gasteiger partial charge in [-0.15, -0.1) is 6.42 Å². The van der Waals surface area contributed by atoms with Crippen LogP contribution in [-0.2, 0) is 4.74 Å². The largest absolute Gasteiger partial charge is 0.381 e. The van der Waals surface area contributed by atoms with Gasteiger partial charge in [-0.1, -0.05) is 5.92 Å². The number of nitrogens with one attached hydrogen (secondary N) is 1. The molecule has 2 nitrogen and oxygen atoms in total. The zero-order chi connectivity index (χ0) is 7.94. The van der Waals surface area contributed by atoms with Gasteiger partial charge in [0, 0.05) is 13.2 Å². The summed E-state index contributed by atoms with van der Waals surface area (Å²) in [6.07, 6.45) is 7.57. The van der Waals surface area contributed by atoms with Crippen molar-refractivity contribution < 1.29 is 4.74 Å². The van der Waals surface area contributed by atoms with E-state index in [4.69, 9.17) is 11.2 Å². The van der Waals surface area contributed by atoms with Crippen LogP contribution in [0.25, 0.3) is 0 Å². The Morgan fingerprint density at radius 1 is 1.64 bits per heavy atom. The minimum absolute atomic E-state index is 0.677. The molecule has 0 bridgehead atoms. The Hall–Kier alpha value is -0.520. The first-order valence-electron chi connectivity index (χ1n) is 4.15. The lowest BCUT2D eigenvalue weighted by Crippen LogP contribution is -2.29. The second-order valence-corrected chi connectivity index (χ2v) is 2.92. The van der Waals surface area contributed by atoms with E-state index in [9.17, 15) is 0 Å². The predicted molar refractivity (Wildman–Crippen MR) is 45.2 cm³/mol. The van der Waals surface area contributed by atoms with Crippen molar-refractivity contribution in [3.63, 3.8) is 0 Å². The highest BCUT2D eigenvalue weighted by atomic mass is 16.5. The highest BCUT2D eigenvalue weighted by Gasteiger charge is 2.12. The van der Waals surface area contributed by atoms with Gasteiger partial charge in [0.25, 0.3) is 0 Å². The van der Waals surface area contributed by atoms with Crippen molar-refractivity contribution in [1.82, 2.24) is 5.32 Å². The zero-order valence-corrected chi connectivity index (χ0v) is 6.81. The van der Waals surface area contributed by atoms with Crippen LogP contribution in [0, 0.1) is 18.3 Å². The molecule has 0 aromatic carbocycles. The van der Waals surface area contributed by atoms with E-state index >= 15 is 0 Å². The molecule has 1 heterocycles. The molecule has 1 aliphatic heterocycles. The summed E-state index contributed by atoms with van der Waals surface area (Å²) in [4.78, 5) is 0. The first-order chi connectivity index (χ1) is 5.43. The Kier molecular flexibility index (Phi) is 4.03. The molecular weight excluding hydrogens is 138 g/mol. The van der Waals surface area contributed by atoms with Gasteiger partial charge in [0.15, 0.2) is 0 Å². The third-order valence-electron chi connectivity index (χ3n) is 1.91. The molecule has 2 heteroatoms. The van der Waals surface area contributed by atoms with Crippen molar-refractivity contribution in [2.45, 2.75) is 12.8 Å². The fraction of sp³-hybridized carbons (Fsp3) is 0.778. The van der Waals surface area contributed by atoms with Crippen LogP contribution >= 0.6 is 0 Å². The normalized spacial score (nSPS) is 24.5. The van der Waals surface area contributed by atoms with E-state index in [2.05, 4.69) is 11.2 Å². The van der Waals surface area contributed by atoms with Crippen molar-refractivity contribution in [3.8, 4) is 12.3 Å². The molecular formula is C9H15NO. The molecule has 0 spiro atoms. The second kappa shape index (κ2) is 5.17. The lowest BCUT2D eigenvalue weighted by Gasteiger charge is -2.21. The SMILES string of the molecule is C#CCNCC1CCCOC1. The van der Waals surface area contributed by atoms with E-state index in [-0.39, 0.29) is 0 Å². The molecule has 0 aromatic rings. The summed E-state index contributed by atoms with van der Waals surface area (Å²) < 4.78 is 5.32. The number of hydrogen-bond donors (Lipinski definition) is 1. The van der Waals surface area contributed by atoms with E-state index in [1.807, 2.05) is 0 Å². The van der Waals surface area contributed by atoms with Crippen LogP contribution in [0.2, 0.25) is 0 Å². The summed E-state index contributed by atoms with van der Waals surface area (Å²) in [6.45, 7) is 3.52. The Morgan fingerprint density at radius 2 is 2.55 bits per heavy atom. The van der Waals surface area contributed by atoms with Crippen LogP contribution in [0.4, 0.5) is 0 Å². The number of ether oxygens (including phenoxy) is 1. The minimum Gasteiger partial charge on any atom is -0.381 e. The molecule has 1 aliphatic rings. The van der Waals surface area contributed by atoms with E-state index in [1.165, 1.54) is 12.8 Å². The van der Waals surface area contributed by atoms with E-state index in [1.54, 1.807) is 0 Å². The summed E-state index contributed by atoms with van der Waals surface area (Å²) in [5, 5.41) is 3.19. The fourth-order valence-electron chi connectivity index (χ4n) is 1.32. The summed E-state index contributed by atoms with van der Waals surface area (Å²) in [5.41, 5.74) is 0. The Morgan fingerprint density at radius 3 is 3.18 bits per heavy atom. The third kappa shape index (κ3) is 3.41. The van der Waals surface area contributed by atoms with Crippen molar-refractivity contribution >= 4 is 0 Å². The zero-order valence-electron chi connectivity index (χ0n) is 6.81. The highest BCUT2D eigenvalue weighted by Crippen LogP contribution is 2.11. The third-order valence-corrected chi connectivity index (χ3v) is 1.91. The fourth-order valence-corrected chi connectivity index (χ4v) is 1.32. The average molecular weight is 153 g/mol. The summed E-state index contributed by atoms with van der Waals surface area (Å²) in [5.74, 6) is 3.23. The Labute approximate surface area is 68.3 Å². The van der Waals surface area contributed by atoms with Crippen LogP contribution in [0.15, 0.2) is 0 Å². The van der Waals surface area contributed by atoms with E-state index < -0.39 is 0 Å². The number of terminal acetylenes is 1. The van der Waals surface area contributed by atoms with Gasteiger partial charge in [-0.2, -0.15) is 0 Å². The van der Waals surface area contributed by atoms with E-state index in [0.29, 0.717) is 12.5 Å². The molecule has 0 saturated carbocycles. The van der Waals surface area contributed by atoms with Gasteiger partial charge in [0.1, 0.15) is 0 Å². The van der Waals surface area contributed by atoms with Gasteiger partial charge in [-0.3, -0.25) is 0 Å². The van der Waals surface area contributed by atoms with Gasteiger partial charge in [-0.25, -0.2) is 0 Å². The summed E-state index contributed by atoms with van der Waals surface area (Å²) >= 11 is 0. The van der Waals surface area contributed by atoms with Crippen LogP contribution in [0.3, 0.4) is 0 Å². The maximum absolute atomic E-state index is 5.32. The quantitative estimate of drug-likeness (QED) is 0.474. The molecule has 1 fully saturated rings.